The molecule has 2 N–H and O–H groups in total. The number of amides is 2. The minimum Gasteiger partial charge on any atom is -0.349 e. The van der Waals surface area contributed by atoms with E-state index in [1.54, 1.807) is 22.9 Å². The Hall–Kier alpha value is -3.67. The third-order valence-corrected chi connectivity index (χ3v) is 4.84. The molecule has 152 valence electrons. The Morgan fingerprint density at radius 2 is 1.83 bits per heavy atom. The van der Waals surface area contributed by atoms with Crippen molar-refractivity contribution in [3.63, 3.8) is 0 Å². The standard InChI is InChI=1S/C24H24N4O2/c1-17-15-22(28(27-17)16-19-5-3-2-4-6-19)26-23(29)14-9-18-7-10-20(11-8-18)24(30)25-21-12-13-21/h2-11,14-15,21H,12-13,16H2,1H3,(H,25,30)(H,26,29)/b14-9+. The van der Waals surface area contributed by atoms with Crippen LogP contribution in [-0.2, 0) is 11.3 Å². The van der Waals surface area contributed by atoms with Gasteiger partial charge in [0.15, 0.2) is 0 Å². The first-order valence-electron chi connectivity index (χ1n) is 10.1. The first kappa shape index (κ1) is 19.6. The molecule has 1 saturated carbocycles. The Morgan fingerprint density at radius 1 is 1.10 bits per heavy atom. The van der Waals surface area contributed by atoms with Gasteiger partial charge in [-0.2, -0.15) is 5.10 Å². The molecule has 0 radical (unpaired) electrons. The number of hydrogen-bond donors (Lipinski definition) is 2. The lowest BCUT2D eigenvalue weighted by Gasteiger charge is -2.08. The van der Waals surface area contributed by atoms with Crippen LogP contribution in [0.25, 0.3) is 6.08 Å². The van der Waals surface area contributed by atoms with Crippen LogP contribution in [0.5, 0.6) is 0 Å². The second-order valence-corrected chi connectivity index (χ2v) is 7.51. The van der Waals surface area contributed by atoms with E-state index in [0.29, 0.717) is 24.0 Å². The zero-order valence-electron chi connectivity index (χ0n) is 16.8. The van der Waals surface area contributed by atoms with Crippen molar-refractivity contribution >= 4 is 23.7 Å². The third-order valence-electron chi connectivity index (χ3n) is 4.84. The maximum atomic E-state index is 12.4. The van der Waals surface area contributed by atoms with Crippen LogP contribution >= 0.6 is 0 Å². The molecule has 6 heteroatoms. The van der Waals surface area contributed by atoms with Gasteiger partial charge in [0.2, 0.25) is 5.91 Å². The quantitative estimate of drug-likeness (QED) is 0.593. The molecule has 1 fully saturated rings. The van der Waals surface area contributed by atoms with E-state index in [1.165, 1.54) is 6.08 Å². The lowest BCUT2D eigenvalue weighted by atomic mass is 10.1. The molecular weight excluding hydrogens is 376 g/mol. The Kier molecular flexibility index (Phi) is 5.75. The molecule has 1 heterocycles. The fraction of sp³-hybridized carbons (Fsp3) is 0.208. The minimum absolute atomic E-state index is 0.0483. The van der Waals surface area contributed by atoms with Crippen LogP contribution in [0, 0.1) is 6.92 Å². The summed E-state index contributed by atoms with van der Waals surface area (Å²) in [5, 5.41) is 10.3. The molecule has 0 aliphatic heterocycles. The highest BCUT2D eigenvalue weighted by Gasteiger charge is 2.23. The van der Waals surface area contributed by atoms with Gasteiger partial charge in [0.1, 0.15) is 5.82 Å². The zero-order chi connectivity index (χ0) is 20.9. The molecule has 6 nitrogen and oxygen atoms in total. The van der Waals surface area contributed by atoms with Gasteiger partial charge in [-0.3, -0.25) is 9.59 Å². The number of aromatic nitrogens is 2. The van der Waals surface area contributed by atoms with Gasteiger partial charge in [0.25, 0.3) is 5.91 Å². The molecule has 0 saturated heterocycles. The van der Waals surface area contributed by atoms with Crippen molar-refractivity contribution in [3.05, 3.63) is 89.1 Å². The van der Waals surface area contributed by atoms with Crippen LogP contribution in [-0.4, -0.2) is 27.6 Å². The second kappa shape index (κ2) is 8.78. The molecule has 0 bridgehead atoms. The topological polar surface area (TPSA) is 76.0 Å². The number of hydrogen-bond acceptors (Lipinski definition) is 3. The average molecular weight is 400 g/mol. The van der Waals surface area contributed by atoms with E-state index in [1.807, 2.05) is 55.5 Å². The molecule has 30 heavy (non-hydrogen) atoms. The Labute approximate surface area is 175 Å². The van der Waals surface area contributed by atoms with Gasteiger partial charge in [-0.25, -0.2) is 4.68 Å². The first-order chi connectivity index (χ1) is 14.6. The summed E-state index contributed by atoms with van der Waals surface area (Å²) in [5.74, 6) is 0.366. The summed E-state index contributed by atoms with van der Waals surface area (Å²) in [7, 11) is 0. The van der Waals surface area contributed by atoms with Crippen molar-refractivity contribution in [2.24, 2.45) is 0 Å². The van der Waals surface area contributed by atoms with Crippen molar-refractivity contribution < 1.29 is 9.59 Å². The lowest BCUT2D eigenvalue weighted by Crippen LogP contribution is -2.25. The molecule has 0 unspecified atom stereocenters. The average Bonchev–Trinajstić information content (AvgIpc) is 3.50. The number of carbonyl (C=O) groups is 2. The zero-order valence-corrected chi connectivity index (χ0v) is 16.8. The SMILES string of the molecule is Cc1cc(NC(=O)/C=C/c2ccc(C(=O)NC3CC3)cc2)n(Cc2ccccc2)n1. The van der Waals surface area contributed by atoms with Gasteiger partial charge in [-0.05, 0) is 49.1 Å². The van der Waals surface area contributed by atoms with E-state index in [9.17, 15) is 9.59 Å². The summed E-state index contributed by atoms with van der Waals surface area (Å²) in [5.41, 5.74) is 3.42. The summed E-state index contributed by atoms with van der Waals surface area (Å²) in [4.78, 5) is 24.4. The largest absolute Gasteiger partial charge is 0.349 e. The van der Waals surface area contributed by atoms with E-state index in [2.05, 4.69) is 15.7 Å². The predicted molar refractivity (Wildman–Crippen MR) is 117 cm³/mol. The van der Waals surface area contributed by atoms with Crippen molar-refractivity contribution in [1.29, 1.82) is 0 Å². The summed E-state index contributed by atoms with van der Waals surface area (Å²) in [6, 6.07) is 19.4. The molecule has 1 aliphatic rings. The van der Waals surface area contributed by atoms with Crippen LogP contribution in [0.2, 0.25) is 0 Å². The molecule has 0 spiro atoms. The van der Waals surface area contributed by atoms with Crippen LogP contribution in [0.3, 0.4) is 0 Å². The fourth-order valence-corrected chi connectivity index (χ4v) is 3.10. The molecule has 2 amide bonds. The summed E-state index contributed by atoms with van der Waals surface area (Å²) in [6.07, 6.45) is 5.33. The van der Waals surface area contributed by atoms with Crippen molar-refractivity contribution in [2.45, 2.75) is 32.4 Å². The third kappa shape index (κ3) is 5.23. The van der Waals surface area contributed by atoms with Gasteiger partial charge in [0, 0.05) is 23.7 Å². The summed E-state index contributed by atoms with van der Waals surface area (Å²) >= 11 is 0. The van der Waals surface area contributed by atoms with Gasteiger partial charge >= 0.3 is 0 Å². The summed E-state index contributed by atoms with van der Waals surface area (Å²) < 4.78 is 1.78. The van der Waals surface area contributed by atoms with Crippen molar-refractivity contribution in [2.75, 3.05) is 5.32 Å². The van der Waals surface area contributed by atoms with E-state index >= 15 is 0 Å². The second-order valence-electron chi connectivity index (χ2n) is 7.51. The van der Waals surface area contributed by atoms with Gasteiger partial charge in [-0.15, -0.1) is 0 Å². The smallest absolute Gasteiger partial charge is 0.251 e. The van der Waals surface area contributed by atoms with Crippen LogP contribution in [0.4, 0.5) is 5.82 Å². The molecule has 1 aliphatic carbocycles. The van der Waals surface area contributed by atoms with Crippen LogP contribution in [0.1, 0.15) is 40.0 Å². The first-order valence-corrected chi connectivity index (χ1v) is 10.1. The number of rotatable bonds is 7. The molecule has 0 atom stereocenters. The summed E-state index contributed by atoms with van der Waals surface area (Å²) in [6.45, 7) is 2.48. The van der Waals surface area contributed by atoms with Gasteiger partial charge in [0.05, 0.1) is 12.2 Å². The van der Waals surface area contributed by atoms with E-state index in [-0.39, 0.29) is 11.8 Å². The Bertz CT molecular complexity index is 1060. The monoisotopic (exact) mass is 400 g/mol. The lowest BCUT2D eigenvalue weighted by molar-refractivity contribution is -0.111. The normalized spacial score (nSPS) is 13.4. The number of nitrogens with zero attached hydrogens (tertiary/aromatic N) is 2. The van der Waals surface area contributed by atoms with E-state index in [0.717, 1.165) is 29.7 Å². The number of carbonyl (C=O) groups excluding carboxylic acids is 2. The van der Waals surface area contributed by atoms with E-state index in [4.69, 9.17) is 0 Å². The highest BCUT2D eigenvalue weighted by atomic mass is 16.2. The molecule has 4 rings (SSSR count). The number of anilines is 1. The number of benzene rings is 2. The van der Waals surface area contributed by atoms with Crippen LogP contribution < -0.4 is 10.6 Å². The number of aryl methyl sites for hydroxylation is 1. The van der Waals surface area contributed by atoms with Crippen LogP contribution in [0.15, 0.2) is 66.7 Å². The van der Waals surface area contributed by atoms with E-state index < -0.39 is 0 Å². The Balaban J connectivity index is 1.37. The maximum absolute atomic E-state index is 12.4. The van der Waals surface area contributed by atoms with Gasteiger partial charge in [-0.1, -0.05) is 42.5 Å². The van der Waals surface area contributed by atoms with Crippen molar-refractivity contribution in [3.8, 4) is 0 Å². The highest BCUT2D eigenvalue weighted by Crippen LogP contribution is 2.19. The maximum Gasteiger partial charge on any atom is 0.251 e. The molecule has 1 aromatic heterocycles. The minimum atomic E-state index is -0.236. The highest BCUT2D eigenvalue weighted by molar-refractivity contribution is 6.01. The van der Waals surface area contributed by atoms with Crippen molar-refractivity contribution in [1.82, 2.24) is 15.1 Å². The molecular formula is C24H24N4O2. The van der Waals surface area contributed by atoms with Gasteiger partial charge < -0.3 is 10.6 Å². The molecule has 2 aromatic carbocycles. The fourth-order valence-electron chi connectivity index (χ4n) is 3.10. The molecule has 3 aromatic rings. The number of nitrogens with one attached hydrogen (secondary N) is 2. The predicted octanol–water partition coefficient (Wildman–Crippen LogP) is 3.78. The Morgan fingerprint density at radius 3 is 2.53 bits per heavy atom.